The Labute approximate surface area is 111 Å². The molecule has 4 nitrogen and oxygen atoms in total. The van der Waals surface area contributed by atoms with E-state index in [2.05, 4.69) is 10.3 Å². The van der Waals surface area contributed by atoms with Gasteiger partial charge in [0.05, 0.1) is 14.2 Å². The van der Waals surface area contributed by atoms with E-state index >= 15 is 0 Å². The Morgan fingerprint density at radius 1 is 1.22 bits per heavy atom. The Bertz CT molecular complexity index is 525. The van der Waals surface area contributed by atoms with Crippen molar-refractivity contribution in [1.29, 1.82) is 0 Å². The highest BCUT2D eigenvalue weighted by atomic mass is 32.1. The number of hydrogen-bond acceptors (Lipinski definition) is 5. The van der Waals surface area contributed by atoms with Crippen LogP contribution in [0.3, 0.4) is 0 Å². The minimum atomic E-state index is 0.723. The van der Waals surface area contributed by atoms with E-state index in [1.165, 1.54) is 4.88 Å². The van der Waals surface area contributed by atoms with E-state index in [1.54, 1.807) is 25.6 Å². The van der Waals surface area contributed by atoms with E-state index in [0.717, 1.165) is 28.6 Å². The SMILES string of the molecule is CNCc1cnc(-c2ccc(OC)c(OC)c2)s1. The van der Waals surface area contributed by atoms with E-state index in [9.17, 15) is 0 Å². The quantitative estimate of drug-likeness (QED) is 0.901. The summed E-state index contributed by atoms with van der Waals surface area (Å²) in [6, 6.07) is 5.83. The summed E-state index contributed by atoms with van der Waals surface area (Å²) in [4.78, 5) is 5.63. The highest BCUT2D eigenvalue weighted by molar-refractivity contribution is 7.15. The van der Waals surface area contributed by atoms with Crippen LogP contribution in [0.1, 0.15) is 4.88 Å². The molecule has 1 aromatic carbocycles. The Kier molecular flexibility index (Phi) is 4.17. The van der Waals surface area contributed by atoms with E-state index in [1.807, 2.05) is 31.4 Å². The molecule has 0 unspecified atom stereocenters. The van der Waals surface area contributed by atoms with Gasteiger partial charge >= 0.3 is 0 Å². The maximum absolute atomic E-state index is 5.29. The Hall–Kier alpha value is -1.59. The summed E-state index contributed by atoms with van der Waals surface area (Å²) in [6.07, 6.45) is 1.90. The Morgan fingerprint density at radius 2 is 2.00 bits per heavy atom. The molecule has 96 valence electrons. The van der Waals surface area contributed by atoms with Gasteiger partial charge in [0.2, 0.25) is 0 Å². The van der Waals surface area contributed by atoms with Gasteiger partial charge in [-0.15, -0.1) is 11.3 Å². The first kappa shape index (κ1) is 12.9. The van der Waals surface area contributed by atoms with E-state index in [4.69, 9.17) is 9.47 Å². The molecule has 5 heteroatoms. The van der Waals surface area contributed by atoms with Crippen molar-refractivity contribution in [2.75, 3.05) is 21.3 Å². The molecular weight excluding hydrogens is 248 g/mol. The lowest BCUT2D eigenvalue weighted by Crippen LogP contribution is -2.02. The van der Waals surface area contributed by atoms with Crippen LogP contribution in [0, 0.1) is 0 Å². The summed E-state index contributed by atoms with van der Waals surface area (Å²) in [5.41, 5.74) is 1.04. The molecule has 0 saturated carbocycles. The van der Waals surface area contributed by atoms with Gasteiger partial charge in [0.1, 0.15) is 5.01 Å². The third-order valence-corrected chi connectivity index (χ3v) is 3.58. The smallest absolute Gasteiger partial charge is 0.161 e. The van der Waals surface area contributed by atoms with Gasteiger partial charge in [-0.2, -0.15) is 0 Å². The molecule has 1 aromatic heterocycles. The van der Waals surface area contributed by atoms with Crippen molar-refractivity contribution in [3.05, 3.63) is 29.3 Å². The van der Waals surface area contributed by atoms with Gasteiger partial charge in [0.15, 0.2) is 11.5 Å². The first-order valence-corrected chi connectivity index (χ1v) is 6.42. The van der Waals surface area contributed by atoms with Gasteiger partial charge < -0.3 is 14.8 Å². The number of ether oxygens (including phenoxy) is 2. The average Bonchev–Trinajstić information content (AvgIpc) is 2.87. The fourth-order valence-electron chi connectivity index (χ4n) is 1.67. The molecule has 0 aliphatic heterocycles. The van der Waals surface area contributed by atoms with Crippen molar-refractivity contribution >= 4 is 11.3 Å². The second-order valence-electron chi connectivity index (χ2n) is 3.73. The van der Waals surface area contributed by atoms with Gasteiger partial charge in [-0.05, 0) is 25.2 Å². The van der Waals surface area contributed by atoms with Crippen LogP contribution in [-0.2, 0) is 6.54 Å². The highest BCUT2D eigenvalue weighted by Crippen LogP contribution is 2.33. The van der Waals surface area contributed by atoms with Crippen LogP contribution >= 0.6 is 11.3 Å². The van der Waals surface area contributed by atoms with Gasteiger partial charge in [-0.3, -0.25) is 0 Å². The van der Waals surface area contributed by atoms with Crippen LogP contribution in [0.5, 0.6) is 11.5 Å². The van der Waals surface area contributed by atoms with Crippen molar-refractivity contribution in [1.82, 2.24) is 10.3 Å². The average molecular weight is 264 g/mol. The third kappa shape index (κ3) is 2.63. The molecule has 18 heavy (non-hydrogen) atoms. The van der Waals surface area contributed by atoms with E-state index in [-0.39, 0.29) is 0 Å². The summed E-state index contributed by atoms with van der Waals surface area (Å²) in [6.45, 7) is 0.838. The largest absolute Gasteiger partial charge is 0.493 e. The molecule has 0 radical (unpaired) electrons. The lowest BCUT2D eigenvalue weighted by atomic mass is 10.2. The van der Waals surface area contributed by atoms with Gasteiger partial charge in [-0.1, -0.05) is 0 Å². The lowest BCUT2D eigenvalue weighted by molar-refractivity contribution is 0.355. The molecule has 2 rings (SSSR count). The van der Waals surface area contributed by atoms with Crippen molar-refractivity contribution in [3.63, 3.8) is 0 Å². The molecule has 2 aromatic rings. The van der Waals surface area contributed by atoms with Crippen molar-refractivity contribution in [2.45, 2.75) is 6.54 Å². The number of thiazole rings is 1. The zero-order chi connectivity index (χ0) is 13.0. The molecule has 0 aliphatic rings. The standard InChI is InChI=1S/C13H16N2O2S/c1-14-7-10-8-15-13(18-10)9-4-5-11(16-2)12(6-9)17-3/h4-6,8,14H,7H2,1-3H3. The topological polar surface area (TPSA) is 43.4 Å². The zero-order valence-corrected chi connectivity index (χ0v) is 11.5. The third-order valence-electron chi connectivity index (χ3n) is 2.54. The minimum absolute atomic E-state index is 0.723. The number of rotatable bonds is 5. The van der Waals surface area contributed by atoms with Crippen molar-refractivity contribution in [3.8, 4) is 22.1 Å². The molecule has 0 saturated heterocycles. The molecule has 0 fully saturated rings. The molecule has 0 spiro atoms. The van der Waals surface area contributed by atoms with Crippen LogP contribution < -0.4 is 14.8 Å². The molecule has 1 heterocycles. The number of methoxy groups -OCH3 is 2. The summed E-state index contributed by atoms with van der Waals surface area (Å²) in [5, 5.41) is 4.10. The zero-order valence-electron chi connectivity index (χ0n) is 10.7. The summed E-state index contributed by atoms with van der Waals surface area (Å²) in [5.74, 6) is 1.45. The number of nitrogens with one attached hydrogen (secondary N) is 1. The number of benzene rings is 1. The van der Waals surface area contributed by atoms with Crippen molar-refractivity contribution < 1.29 is 9.47 Å². The van der Waals surface area contributed by atoms with Crippen LogP contribution in [0.15, 0.2) is 24.4 Å². The second-order valence-corrected chi connectivity index (χ2v) is 4.85. The fourth-order valence-corrected chi connectivity index (χ4v) is 2.59. The molecule has 0 aliphatic carbocycles. The van der Waals surface area contributed by atoms with E-state index in [0.29, 0.717) is 0 Å². The van der Waals surface area contributed by atoms with Crippen molar-refractivity contribution in [2.24, 2.45) is 0 Å². The second kappa shape index (κ2) is 5.84. The molecule has 0 bridgehead atoms. The Balaban J connectivity index is 2.31. The normalized spacial score (nSPS) is 10.4. The predicted molar refractivity (Wildman–Crippen MR) is 73.4 cm³/mol. The van der Waals surface area contributed by atoms with Gasteiger partial charge in [0.25, 0.3) is 0 Å². The maximum atomic E-state index is 5.29. The number of nitrogens with zero attached hydrogens (tertiary/aromatic N) is 1. The van der Waals surface area contributed by atoms with Crippen LogP contribution in [0.25, 0.3) is 10.6 Å². The van der Waals surface area contributed by atoms with Crippen LogP contribution in [0.2, 0.25) is 0 Å². The number of aromatic nitrogens is 1. The molecule has 0 atom stereocenters. The fraction of sp³-hybridized carbons (Fsp3) is 0.308. The highest BCUT2D eigenvalue weighted by Gasteiger charge is 2.09. The first-order valence-electron chi connectivity index (χ1n) is 5.60. The van der Waals surface area contributed by atoms with Crippen LogP contribution in [0.4, 0.5) is 0 Å². The molecule has 0 amide bonds. The predicted octanol–water partition coefficient (Wildman–Crippen LogP) is 2.55. The summed E-state index contributed by atoms with van der Waals surface area (Å²) in [7, 11) is 5.19. The maximum Gasteiger partial charge on any atom is 0.161 e. The number of hydrogen-bond donors (Lipinski definition) is 1. The first-order chi connectivity index (χ1) is 8.78. The summed E-state index contributed by atoms with van der Waals surface area (Å²) < 4.78 is 10.5. The lowest BCUT2D eigenvalue weighted by Gasteiger charge is -2.08. The van der Waals surface area contributed by atoms with Crippen LogP contribution in [-0.4, -0.2) is 26.3 Å². The van der Waals surface area contributed by atoms with Gasteiger partial charge in [0, 0.05) is 23.2 Å². The summed E-state index contributed by atoms with van der Waals surface area (Å²) >= 11 is 1.67. The van der Waals surface area contributed by atoms with Gasteiger partial charge in [-0.25, -0.2) is 4.98 Å². The van der Waals surface area contributed by atoms with E-state index < -0.39 is 0 Å². The molecular formula is C13H16N2O2S. The minimum Gasteiger partial charge on any atom is -0.493 e. The Morgan fingerprint density at radius 3 is 2.67 bits per heavy atom. The monoisotopic (exact) mass is 264 g/mol. The molecule has 1 N–H and O–H groups in total.